The van der Waals surface area contributed by atoms with Crippen LogP contribution in [-0.2, 0) is 5.41 Å². The van der Waals surface area contributed by atoms with Crippen molar-refractivity contribution in [3.05, 3.63) is 151 Å². The van der Waals surface area contributed by atoms with Gasteiger partial charge in [0.2, 0.25) is 0 Å². The SMILES string of the molecule is CC1(C)c2ccccc2-c2nc(-c3cccc(-n4c5ccccc5c5cc6c(cc54)oc4ccccc46)c3)nc(-c3ccccc3)c21. The third-order valence-electron chi connectivity index (χ3n) is 9.97. The zero-order valence-corrected chi connectivity index (χ0v) is 26.0. The monoisotopic (exact) mass is 603 g/mol. The van der Waals surface area contributed by atoms with Crippen molar-refractivity contribution in [2.45, 2.75) is 19.3 Å². The molecule has 47 heavy (non-hydrogen) atoms. The summed E-state index contributed by atoms with van der Waals surface area (Å²) in [5, 5.41) is 4.67. The predicted octanol–water partition coefficient (Wildman–Crippen LogP) is 11.1. The second-order valence-corrected chi connectivity index (χ2v) is 13.0. The third-order valence-corrected chi connectivity index (χ3v) is 9.97. The number of aromatic nitrogens is 3. The summed E-state index contributed by atoms with van der Waals surface area (Å²) in [7, 11) is 0. The summed E-state index contributed by atoms with van der Waals surface area (Å²) >= 11 is 0. The van der Waals surface area contributed by atoms with Gasteiger partial charge in [-0.1, -0.05) is 117 Å². The van der Waals surface area contributed by atoms with Crippen molar-refractivity contribution in [3.63, 3.8) is 0 Å². The number of furan rings is 1. The molecule has 0 aliphatic heterocycles. The highest BCUT2D eigenvalue weighted by molar-refractivity contribution is 6.17. The molecule has 9 aromatic rings. The Hall–Kier alpha value is -6.00. The Morgan fingerprint density at radius 2 is 1.26 bits per heavy atom. The quantitative estimate of drug-likeness (QED) is 0.202. The highest BCUT2D eigenvalue weighted by atomic mass is 16.3. The van der Waals surface area contributed by atoms with E-state index in [4.69, 9.17) is 14.4 Å². The van der Waals surface area contributed by atoms with Crippen LogP contribution in [0.1, 0.15) is 25.0 Å². The summed E-state index contributed by atoms with van der Waals surface area (Å²) in [6.45, 7) is 4.57. The van der Waals surface area contributed by atoms with Crippen LogP contribution < -0.4 is 0 Å². The Morgan fingerprint density at radius 1 is 0.532 bits per heavy atom. The minimum Gasteiger partial charge on any atom is -0.456 e. The lowest BCUT2D eigenvalue weighted by Gasteiger charge is -2.23. The highest BCUT2D eigenvalue weighted by Gasteiger charge is 2.40. The molecule has 0 unspecified atom stereocenters. The van der Waals surface area contributed by atoms with Gasteiger partial charge in [-0.05, 0) is 35.9 Å². The van der Waals surface area contributed by atoms with Crippen LogP contribution in [0.2, 0.25) is 0 Å². The van der Waals surface area contributed by atoms with Crippen LogP contribution in [0.15, 0.2) is 144 Å². The summed E-state index contributed by atoms with van der Waals surface area (Å²) in [4.78, 5) is 10.7. The lowest BCUT2D eigenvalue weighted by molar-refractivity contribution is 0.658. The Labute approximate surface area is 271 Å². The highest BCUT2D eigenvalue weighted by Crippen LogP contribution is 2.51. The minimum absolute atomic E-state index is 0.220. The van der Waals surface area contributed by atoms with Crippen molar-refractivity contribution in [1.29, 1.82) is 0 Å². The summed E-state index contributed by atoms with van der Waals surface area (Å²) in [6, 6.07) is 49.2. The van der Waals surface area contributed by atoms with Crippen molar-refractivity contribution in [2.24, 2.45) is 0 Å². The van der Waals surface area contributed by atoms with E-state index in [0.717, 1.165) is 67.0 Å². The van der Waals surface area contributed by atoms with Gasteiger partial charge in [-0.2, -0.15) is 0 Å². The summed E-state index contributed by atoms with van der Waals surface area (Å²) in [5.74, 6) is 0.720. The topological polar surface area (TPSA) is 43.9 Å². The molecule has 0 amide bonds. The largest absolute Gasteiger partial charge is 0.456 e. The first-order chi connectivity index (χ1) is 23.1. The molecule has 222 valence electrons. The molecule has 6 aromatic carbocycles. The second-order valence-electron chi connectivity index (χ2n) is 13.0. The first-order valence-electron chi connectivity index (χ1n) is 16.1. The lowest BCUT2D eigenvalue weighted by atomic mass is 9.81. The zero-order valence-electron chi connectivity index (χ0n) is 26.0. The minimum atomic E-state index is -0.220. The van der Waals surface area contributed by atoms with Gasteiger partial charge >= 0.3 is 0 Å². The average molecular weight is 604 g/mol. The van der Waals surface area contributed by atoms with E-state index < -0.39 is 0 Å². The van der Waals surface area contributed by atoms with Gasteiger partial charge in [0, 0.05) is 61.0 Å². The van der Waals surface area contributed by atoms with Crippen molar-refractivity contribution in [3.8, 4) is 39.6 Å². The van der Waals surface area contributed by atoms with Gasteiger partial charge in [0.15, 0.2) is 5.82 Å². The van der Waals surface area contributed by atoms with E-state index in [-0.39, 0.29) is 5.41 Å². The van der Waals surface area contributed by atoms with Gasteiger partial charge < -0.3 is 8.98 Å². The molecule has 0 radical (unpaired) electrons. The summed E-state index contributed by atoms with van der Waals surface area (Å²) in [5.41, 5.74) is 12.6. The van der Waals surface area contributed by atoms with Crippen LogP contribution >= 0.6 is 0 Å². The smallest absolute Gasteiger partial charge is 0.160 e. The second kappa shape index (κ2) is 9.51. The molecule has 0 fully saturated rings. The number of fused-ring (bicyclic) bond motifs is 9. The lowest BCUT2D eigenvalue weighted by Crippen LogP contribution is -2.17. The molecule has 0 N–H and O–H groups in total. The molecule has 4 nitrogen and oxygen atoms in total. The average Bonchev–Trinajstić information content (AvgIpc) is 3.72. The molecular weight excluding hydrogens is 574 g/mol. The number of hydrogen-bond acceptors (Lipinski definition) is 3. The van der Waals surface area contributed by atoms with Crippen LogP contribution in [0.3, 0.4) is 0 Å². The number of rotatable bonds is 3. The molecule has 0 atom stereocenters. The fraction of sp³-hybridized carbons (Fsp3) is 0.0698. The van der Waals surface area contributed by atoms with Crippen LogP contribution in [0.4, 0.5) is 0 Å². The number of hydrogen-bond donors (Lipinski definition) is 0. The molecule has 1 aliphatic carbocycles. The molecule has 1 aliphatic rings. The van der Waals surface area contributed by atoms with E-state index in [0.29, 0.717) is 0 Å². The predicted molar refractivity (Wildman–Crippen MR) is 192 cm³/mol. The molecule has 3 aromatic heterocycles. The van der Waals surface area contributed by atoms with E-state index in [2.05, 4.69) is 146 Å². The number of benzene rings is 6. The van der Waals surface area contributed by atoms with E-state index in [1.807, 2.05) is 12.1 Å². The first kappa shape index (κ1) is 26.2. The summed E-state index contributed by atoms with van der Waals surface area (Å²) < 4.78 is 8.69. The molecule has 0 spiro atoms. The third kappa shape index (κ3) is 3.70. The van der Waals surface area contributed by atoms with Crippen molar-refractivity contribution >= 4 is 43.7 Å². The molecule has 0 saturated carbocycles. The standard InChI is InChI=1S/C43H29N3O/c1-43(2)34-20-9-6-19-31(34)41-39(43)40(26-13-4-3-5-14-26)44-42(45-41)27-15-12-16-28(23-27)46-35-21-10-7-17-29(35)32-24-33-30-18-8-11-22-37(30)47-38(33)25-36(32)46/h3-25H,1-2H3. The molecule has 3 heterocycles. The van der Waals surface area contributed by atoms with E-state index in [1.54, 1.807) is 0 Å². The Kier molecular flexibility index (Phi) is 5.31. The van der Waals surface area contributed by atoms with Gasteiger partial charge in [-0.25, -0.2) is 9.97 Å². The number of para-hydroxylation sites is 2. The van der Waals surface area contributed by atoms with Crippen LogP contribution in [0.5, 0.6) is 0 Å². The molecule has 10 rings (SSSR count). The van der Waals surface area contributed by atoms with Crippen molar-refractivity contribution in [1.82, 2.24) is 14.5 Å². The van der Waals surface area contributed by atoms with Crippen LogP contribution in [0.25, 0.3) is 83.3 Å². The van der Waals surface area contributed by atoms with Crippen molar-refractivity contribution < 1.29 is 4.42 Å². The van der Waals surface area contributed by atoms with Crippen molar-refractivity contribution in [2.75, 3.05) is 0 Å². The van der Waals surface area contributed by atoms with E-state index >= 15 is 0 Å². The van der Waals surface area contributed by atoms with Gasteiger partial charge in [0.05, 0.1) is 22.4 Å². The van der Waals surface area contributed by atoms with Gasteiger partial charge in [-0.3, -0.25) is 0 Å². The first-order valence-corrected chi connectivity index (χ1v) is 16.1. The number of nitrogens with zero attached hydrogens (tertiary/aromatic N) is 3. The fourth-order valence-electron chi connectivity index (χ4n) is 7.80. The van der Waals surface area contributed by atoms with Gasteiger partial charge in [0.1, 0.15) is 11.2 Å². The zero-order chi connectivity index (χ0) is 31.3. The Bertz CT molecular complexity index is 2710. The Balaban J connectivity index is 1.22. The van der Waals surface area contributed by atoms with Gasteiger partial charge in [0.25, 0.3) is 0 Å². The maximum atomic E-state index is 6.35. The summed E-state index contributed by atoms with van der Waals surface area (Å²) in [6.07, 6.45) is 0. The maximum absolute atomic E-state index is 6.35. The van der Waals surface area contributed by atoms with Crippen LogP contribution in [-0.4, -0.2) is 14.5 Å². The Morgan fingerprint density at radius 3 is 2.15 bits per heavy atom. The molecule has 4 heteroatoms. The van der Waals surface area contributed by atoms with E-state index in [1.165, 1.54) is 27.5 Å². The molecule has 0 saturated heterocycles. The fourth-order valence-corrected chi connectivity index (χ4v) is 7.80. The van der Waals surface area contributed by atoms with Crippen LogP contribution in [0, 0.1) is 0 Å². The van der Waals surface area contributed by atoms with Gasteiger partial charge in [-0.15, -0.1) is 0 Å². The molecule has 0 bridgehead atoms. The van der Waals surface area contributed by atoms with E-state index in [9.17, 15) is 0 Å². The maximum Gasteiger partial charge on any atom is 0.160 e. The normalized spacial score (nSPS) is 13.5. The molecular formula is C43H29N3O.